The minimum atomic E-state index is -0.474. The normalized spacial score (nSPS) is 23.1. The summed E-state index contributed by atoms with van der Waals surface area (Å²) in [4.78, 5) is 0. The SMILES string of the molecule is O[C@@H](CN[C@@H]1CCCc2ccccc21)CO[C@@H]1CCCc2ccccc21. The van der Waals surface area contributed by atoms with Crippen LogP contribution in [0.25, 0.3) is 0 Å². The Balaban J connectivity index is 1.29. The number of nitrogens with one attached hydrogen (secondary N) is 1. The maximum Gasteiger partial charge on any atom is 0.0898 e. The van der Waals surface area contributed by atoms with E-state index in [0.29, 0.717) is 19.2 Å². The van der Waals surface area contributed by atoms with Crippen LogP contribution in [0.4, 0.5) is 0 Å². The maximum atomic E-state index is 10.4. The number of aliphatic hydroxyl groups excluding tert-OH is 1. The molecular formula is C23H29NO2. The van der Waals surface area contributed by atoms with Gasteiger partial charge in [0.05, 0.1) is 18.8 Å². The van der Waals surface area contributed by atoms with Crippen molar-refractivity contribution in [1.82, 2.24) is 5.32 Å². The lowest BCUT2D eigenvalue weighted by Crippen LogP contribution is -2.35. The van der Waals surface area contributed by atoms with E-state index in [1.165, 1.54) is 35.1 Å². The summed E-state index contributed by atoms with van der Waals surface area (Å²) in [5, 5.41) is 14.0. The highest BCUT2D eigenvalue weighted by Crippen LogP contribution is 2.32. The van der Waals surface area contributed by atoms with Crippen LogP contribution in [0, 0.1) is 0 Å². The Morgan fingerprint density at radius 3 is 2.38 bits per heavy atom. The Labute approximate surface area is 156 Å². The number of hydrogen-bond donors (Lipinski definition) is 2. The molecule has 0 heterocycles. The molecule has 2 aliphatic carbocycles. The lowest BCUT2D eigenvalue weighted by Gasteiger charge is -2.29. The van der Waals surface area contributed by atoms with E-state index in [2.05, 4.69) is 53.8 Å². The van der Waals surface area contributed by atoms with Gasteiger partial charge in [0.1, 0.15) is 0 Å². The highest BCUT2D eigenvalue weighted by molar-refractivity contribution is 5.32. The zero-order chi connectivity index (χ0) is 17.8. The Morgan fingerprint density at radius 1 is 0.923 bits per heavy atom. The molecule has 0 fully saturated rings. The standard InChI is InChI=1S/C23H29NO2/c25-19(15-24-22-13-5-9-17-7-1-3-11-20(17)22)16-26-23-14-6-10-18-8-2-4-12-21(18)23/h1-4,7-8,11-12,19,22-25H,5-6,9-10,13-16H2/t19-,22+,23+/m0/s1. The van der Waals surface area contributed by atoms with Crippen LogP contribution in [0.5, 0.6) is 0 Å². The van der Waals surface area contributed by atoms with Gasteiger partial charge in [-0.25, -0.2) is 0 Å². The molecule has 3 nitrogen and oxygen atoms in total. The van der Waals surface area contributed by atoms with Gasteiger partial charge in [-0.15, -0.1) is 0 Å². The molecule has 0 bridgehead atoms. The molecule has 4 rings (SSSR count). The molecule has 138 valence electrons. The van der Waals surface area contributed by atoms with E-state index in [1.807, 2.05) is 0 Å². The number of aliphatic hydroxyl groups is 1. The van der Waals surface area contributed by atoms with Gasteiger partial charge in [-0.05, 0) is 60.8 Å². The predicted octanol–water partition coefficient (Wildman–Crippen LogP) is 4.11. The second kappa shape index (κ2) is 8.34. The molecule has 2 N–H and O–H groups in total. The zero-order valence-corrected chi connectivity index (χ0v) is 15.4. The summed E-state index contributed by atoms with van der Waals surface area (Å²) in [5.41, 5.74) is 5.55. The van der Waals surface area contributed by atoms with Gasteiger partial charge in [0.2, 0.25) is 0 Å². The lowest BCUT2D eigenvalue weighted by atomic mass is 9.88. The summed E-state index contributed by atoms with van der Waals surface area (Å²) in [7, 11) is 0. The third-order valence-electron chi connectivity index (χ3n) is 5.77. The average molecular weight is 351 g/mol. The topological polar surface area (TPSA) is 41.5 Å². The van der Waals surface area contributed by atoms with Crippen LogP contribution in [-0.2, 0) is 17.6 Å². The molecule has 3 atom stereocenters. The average Bonchev–Trinajstić information content (AvgIpc) is 2.70. The minimum absolute atomic E-state index is 0.130. The van der Waals surface area contributed by atoms with Crippen LogP contribution >= 0.6 is 0 Å². The third kappa shape index (κ3) is 4.01. The highest BCUT2D eigenvalue weighted by Gasteiger charge is 2.23. The number of aryl methyl sites for hydroxylation is 2. The van der Waals surface area contributed by atoms with E-state index in [-0.39, 0.29) is 6.10 Å². The molecule has 2 aliphatic rings. The van der Waals surface area contributed by atoms with Crippen LogP contribution in [0.15, 0.2) is 48.5 Å². The number of hydrogen-bond acceptors (Lipinski definition) is 3. The van der Waals surface area contributed by atoms with Crippen LogP contribution in [-0.4, -0.2) is 24.4 Å². The van der Waals surface area contributed by atoms with E-state index in [1.54, 1.807) is 0 Å². The van der Waals surface area contributed by atoms with Gasteiger partial charge in [0.25, 0.3) is 0 Å². The summed E-state index contributed by atoms with van der Waals surface area (Å²) < 4.78 is 6.09. The fourth-order valence-corrected chi connectivity index (χ4v) is 4.41. The number of ether oxygens (including phenoxy) is 1. The van der Waals surface area contributed by atoms with Gasteiger partial charge in [-0.3, -0.25) is 0 Å². The molecular weight excluding hydrogens is 322 g/mol. The first kappa shape index (κ1) is 17.7. The molecule has 0 amide bonds. The Kier molecular flexibility index (Phi) is 5.68. The number of fused-ring (bicyclic) bond motifs is 2. The molecule has 26 heavy (non-hydrogen) atoms. The Hall–Kier alpha value is -1.68. The van der Waals surface area contributed by atoms with Crippen molar-refractivity contribution in [3.63, 3.8) is 0 Å². The van der Waals surface area contributed by atoms with Crippen molar-refractivity contribution in [3.8, 4) is 0 Å². The van der Waals surface area contributed by atoms with Gasteiger partial charge in [0.15, 0.2) is 0 Å². The fourth-order valence-electron chi connectivity index (χ4n) is 4.41. The maximum absolute atomic E-state index is 10.4. The number of benzene rings is 2. The summed E-state index contributed by atoms with van der Waals surface area (Å²) >= 11 is 0. The predicted molar refractivity (Wildman–Crippen MR) is 104 cm³/mol. The van der Waals surface area contributed by atoms with Crippen molar-refractivity contribution >= 4 is 0 Å². The molecule has 2 aromatic rings. The van der Waals surface area contributed by atoms with Crippen molar-refractivity contribution in [2.24, 2.45) is 0 Å². The molecule has 0 saturated heterocycles. The molecule has 0 saturated carbocycles. The van der Waals surface area contributed by atoms with Gasteiger partial charge in [-0.2, -0.15) is 0 Å². The molecule has 0 spiro atoms. The van der Waals surface area contributed by atoms with Crippen LogP contribution in [0.1, 0.15) is 60.1 Å². The minimum Gasteiger partial charge on any atom is -0.389 e. The van der Waals surface area contributed by atoms with Crippen molar-refractivity contribution in [2.75, 3.05) is 13.2 Å². The second-order valence-electron chi connectivity index (χ2n) is 7.62. The fraction of sp³-hybridized carbons (Fsp3) is 0.478. The number of rotatable bonds is 6. The van der Waals surface area contributed by atoms with E-state index in [9.17, 15) is 5.11 Å². The first-order chi connectivity index (χ1) is 12.8. The molecule has 3 heteroatoms. The van der Waals surface area contributed by atoms with Crippen LogP contribution in [0.3, 0.4) is 0 Å². The zero-order valence-electron chi connectivity index (χ0n) is 15.4. The van der Waals surface area contributed by atoms with E-state index in [0.717, 1.165) is 25.7 Å². The Bertz CT molecular complexity index is 668. The second-order valence-corrected chi connectivity index (χ2v) is 7.62. The van der Waals surface area contributed by atoms with Crippen molar-refractivity contribution in [2.45, 2.75) is 56.8 Å². The first-order valence-corrected chi connectivity index (χ1v) is 10.00. The monoisotopic (exact) mass is 351 g/mol. The van der Waals surface area contributed by atoms with Crippen molar-refractivity contribution in [3.05, 3.63) is 70.8 Å². The molecule has 0 radical (unpaired) electrons. The quantitative estimate of drug-likeness (QED) is 0.823. The van der Waals surface area contributed by atoms with Gasteiger partial charge in [0, 0.05) is 12.6 Å². The highest BCUT2D eigenvalue weighted by atomic mass is 16.5. The third-order valence-corrected chi connectivity index (χ3v) is 5.77. The summed E-state index contributed by atoms with van der Waals surface area (Å²) in [5.74, 6) is 0. The summed E-state index contributed by atoms with van der Waals surface area (Å²) in [6.45, 7) is 0.966. The van der Waals surface area contributed by atoms with Crippen LogP contribution in [0.2, 0.25) is 0 Å². The van der Waals surface area contributed by atoms with Gasteiger partial charge < -0.3 is 15.2 Å². The molecule has 0 aliphatic heterocycles. The largest absolute Gasteiger partial charge is 0.389 e. The van der Waals surface area contributed by atoms with Gasteiger partial charge >= 0.3 is 0 Å². The van der Waals surface area contributed by atoms with E-state index < -0.39 is 6.10 Å². The first-order valence-electron chi connectivity index (χ1n) is 10.00. The van der Waals surface area contributed by atoms with Crippen molar-refractivity contribution < 1.29 is 9.84 Å². The summed E-state index contributed by atoms with van der Waals surface area (Å²) in [6.07, 6.45) is 6.52. The smallest absolute Gasteiger partial charge is 0.0898 e. The molecule has 0 aromatic heterocycles. The van der Waals surface area contributed by atoms with E-state index >= 15 is 0 Å². The molecule has 2 aromatic carbocycles. The Morgan fingerprint density at radius 2 is 1.58 bits per heavy atom. The molecule has 0 unspecified atom stereocenters. The van der Waals surface area contributed by atoms with E-state index in [4.69, 9.17) is 4.74 Å². The lowest BCUT2D eigenvalue weighted by molar-refractivity contribution is -0.0175. The van der Waals surface area contributed by atoms with Crippen molar-refractivity contribution in [1.29, 1.82) is 0 Å². The van der Waals surface area contributed by atoms with Crippen LogP contribution < -0.4 is 5.32 Å². The summed E-state index contributed by atoms with van der Waals surface area (Å²) in [6, 6.07) is 17.6. The van der Waals surface area contributed by atoms with Gasteiger partial charge in [-0.1, -0.05) is 48.5 Å².